The molecule has 0 amide bonds. The quantitative estimate of drug-likeness (QED) is 0.662. The standard InChI is InChI=1S/C14H10Cl3N3/c15-7-13-19-12-2-1-5-18-14(12)20(13)8-9-3-4-10(16)6-11(9)17/h1-6H,7-8H2. The van der Waals surface area contributed by atoms with Crippen molar-refractivity contribution in [2.24, 2.45) is 0 Å². The van der Waals surface area contributed by atoms with Gasteiger partial charge in [-0.25, -0.2) is 9.97 Å². The third kappa shape index (κ3) is 2.49. The minimum absolute atomic E-state index is 0.321. The fourth-order valence-electron chi connectivity index (χ4n) is 2.09. The van der Waals surface area contributed by atoms with Crippen molar-refractivity contribution in [3.63, 3.8) is 0 Å². The van der Waals surface area contributed by atoms with Crippen LogP contribution < -0.4 is 0 Å². The number of halogens is 3. The zero-order chi connectivity index (χ0) is 14.1. The normalized spacial score (nSPS) is 11.2. The molecule has 0 N–H and O–H groups in total. The Balaban J connectivity index is 2.09. The lowest BCUT2D eigenvalue weighted by Gasteiger charge is -2.09. The highest BCUT2D eigenvalue weighted by atomic mass is 35.5. The van der Waals surface area contributed by atoms with E-state index in [9.17, 15) is 0 Å². The predicted octanol–water partition coefficient (Wildman–Crippen LogP) is 4.53. The van der Waals surface area contributed by atoms with Crippen LogP contribution in [0.5, 0.6) is 0 Å². The van der Waals surface area contributed by atoms with Gasteiger partial charge in [-0.2, -0.15) is 0 Å². The number of aromatic nitrogens is 3. The van der Waals surface area contributed by atoms with Crippen LogP contribution in [-0.2, 0) is 12.4 Å². The van der Waals surface area contributed by atoms with Crippen molar-refractivity contribution in [1.29, 1.82) is 0 Å². The molecule has 6 heteroatoms. The van der Waals surface area contributed by atoms with Crippen LogP contribution in [-0.4, -0.2) is 14.5 Å². The Morgan fingerprint density at radius 2 is 2.00 bits per heavy atom. The summed E-state index contributed by atoms with van der Waals surface area (Å²) in [5, 5.41) is 1.24. The maximum atomic E-state index is 6.22. The van der Waals surface area contributed by atoms with E-state index in [-0.39, 0.29) is 0 Å². The van der Waals surface area contributed by atoms with E-state index in [0.717, 1.165) is 22.6 Å². The lowest BCUT2D eigenvalue weighted by Crippen LogP contribution is -2.05. The van der Waals surface area contributed by atoms with Crippen LogP contribution in [0.3, 0.4) is 0 Å². The number of imidazole rings is 1. The lowest BCUT2D eigenvalue weighted by molar-refractivity contribution is 0.770. The summed E-state index contributed by atoms with van der Waals surface area (Å²) in [4.78, 5) is 8.84. The summed E-state index contributed by atoms with van der Waals surface area (Å²) in [7, 11) is 0. The van der Waals surface area contributed by atoms with Gasteiger partial charge in [0.15, 0.2) is 5.65 Å². The second kappa shape index (κ2) is 5.60. The maximum Gasteiger partial charge on any atom is 0.160 e. The third-order valence-corrected chi connectivity index (χ3v) is 3.87. The molecule has 2 aromatic heterocycles. The Kier molecular flexibility index (Phi) is 3.83. The predicted molar refractivity (Wildman–Crippen MR) is 82.6 cm³/mol. The molecular weight excluding hydrogens is 317 g/mol. The SMILES string of the molecule is ClCc1nc2cccnc2n1Cc1ccc(Cl)cc1Cl. The van der Waals surface area contributed by atoms with Crippen molar-refractivity contribution in [3.8, 4) is 0 Å². The number of fused-ring (bicyclic) bond motifs is 1. The molecule has 102 valence electrons. The Morgan fingerprint density at radius 3 is 2.75 bits per heavy atom. The Morgan fingerprint density at radius 1 is 1.15 bits per heavy atom. The molecule has 0 spiro atoms. The van der Waals surface area contributed by atoms with E-state index in [1.807, 2.05) is 28.8 Å². The van der Waals surface area contributed by atoms with Crippen LogP contribution in [0.2, 0.25) is 10.0 Å². The molecule has 3 rings (SSSR count). The van der Waals surface area contributed by atoms with E-state index < -0.39 is 0 Å². The van der Waals surface area contributed by atoms with Crippen LogP contribution in [0.25, 0.3) is 11.2 Å². The fourth-order valence-corrected chi connectivity index (χ4v) is 2.77. The monoisotopic (exact) mass is 325 g/mol. The van der Waals surface area contributed by atoms with E-state index in [0.29, 0.717) is 22.5 Å². The highest BCUT2D eigenvalue weighted by molar-refractivity contribution is 6.35. The molecule has 0 atom stereocenters. The second-order valence-electron chi connectivity index (χ2n) is 4.33. The molecule has 0 saturated carbocycles. The highest BCUT2D eigenvalue weighted by Gasteiger charge is 2.12. The number of hydrogen-bond acceptors (Lipinski definition) is 2. The first kappa shape index (κ1) is 13.7. The van der Waals surface area contributed by atoms with E-state index in [2.05, 4.69) is 9.97 Å². The summed E-state index contributed by atoms with van der Waals surface area (Å²) in [6.45, 7) is 0.561. The number of alkyl halides is 1. The first-order valence-electron chi connectivity index (χ1n) is 5.99. The number of benzene rings is 1. The van der Waals surface area contributed by atoms with Gasteiger partial charge in [-0.1, -0.05) is 29.3 Å². The molecule has 0 fully saturated rings. The zero-order valence-corrected chi connectivity index (χ0v) is 12.6. The van der Waals surface area contributed by atoms with E-state index in [1.165, 1.54) is 0 Å². The molecule has 20 heavy (non-hydrogen) atoms. The Hall–Kier alpha value is -1.29. The second-order valence-corrected chi connectivity index (χ2v) is 5.44. The summed E-state index contributed by atoms with van der Waals surface area (Å²) in [6.07, 6.45) is 1.74. The average Bonchev–Trinajstić information content (AvgIpc) is 2.80. The van der Waals surface area contributed by atoms with Gasteiger partial charge in [0.05, 0.1) is 12.4 Å². The van der Waals surface area contributed by atoms with Gasteiger partial charge in [0, 0.05) is 16.2 Å². The van der Waals surface area contributed by atoms with E-state index in [1.54, 1.807) is 12.3 Å². The van der Waals surface area contributed by atoms with Crippen molar-refractivity contribution in [1.82, 2.24) is 14.5 Å². The summed E-state index contributed by atoms with van der Waals surface area (Å²) < 4.78 is 1.97. The van der Waals surface area contributed by atoms with Gasteiger partial charge in [-0.05, 0) is 29.8 Å². The number of hydrogen-bond donors (Lipinski definition) is 0. The molecule has 0 aliphatic rings. The zero-order valence-electron chi connectivity index (χ0n) is 10.4. The minimum Gasteiger partial charge on any atom is -0.307 e. The number of nitrogens with zero attached hydrogens (tertiary/aromatic N) is 3. The van der Waals surface area contributed by atoms with Crippen molar-refractivity contribution >= 4 is 46.0 Å². The topological polar surface area (TPSA) is 30.7 Å². The Bertz CT molecular complexity index is 767. The molecule has 0 unspecified atom stereocenters. The summed E-state index contributed by atoms with van der Waals surface area (Å²) in [6, 6.07) is 9.21. The van der Waals surface area contributed by atoms with Crippen molar-refractivity contribution in [2.45, 2.75) is 12.4 Å². The molecule has 0 radical (unpaired) electrons. The maximum absolute atomic E-state index is 6.22. The van der Waals surface area contributed by atoms with Gasteiger partial charge in [0.1, 0.15) is 11.3 Å². The highest BCUT2D eigenvalue weighted by Crippen LogP contribution is 2.24. The Labute approximate surface area is 131 Å². The van der Waals surface area contributed by atoms with Crippen LogP contribution in [0.1, 0.15) is 11.4 Å². The van der Waals surface area contributed by atoms with Crippen LogP contribution >= 0.6 is 34.8 Å². The smallest absolute Gasteiger partial charge is 0.160 e. The molecule has 3 aromatic rings. The lowest BCUT2D eigenvalue weighted by atomic mass is 10.2. The van der Waals surface area contributed by atoms with E-state index >= 15 is 0 Å². The molecule has 0 bridgehead atoms. The van der Waals surface area contributed by atoms with Gasteiger partial charge in [-0.15, -0.1) is 11.6 Å². The number of pyridine rings is 1. The van der Waals surface area contributed by atoms with Crippen molar-refractivity contribution < 1.29 is 0 Å². The van der Waals surface area contributed by atoms with Gasteiger partial charge in [-0.3, -0.25) is 0 Å². The molecule has 0 aliphatic carbocycles. The number of rotatable bonds is 3. The van der Waals surface area contributed by atoms with Gasteiger partial charge in [0.2, 0.25) is 0 Å². The molecular formula is C14H10Cl3N3. The molecule has 0 saturated heterocycles. The largest absolute Gasteiger partial charge is 0.307 e. The first-order valence-corrected chi connectivity index (χ1v) is 7.28. The van der Waals surface area contributed by atoms with Crippen LogP contribution in [0.4, 0.5) is 0 Å². The van der Waals surface area contributed by atoms with Crippen LogP contribution in [0, 0.1) is 0 Å². The van der Waals surface area contributed by atoms with Crippen molar-refractivity contribution in [3.05, 3.63) is 58.0 Å². The van der Waals surface area contributed by atoms with Gasteiger partial charge in [0.25, 0.3) is 0 Å². The third-order valence-electron chi connectivity index (χ3n) is 3.05. The van der Waals surface area contributed by atoms with E-state index in [4.69, 9.17) is 34.8 Å². The molecule has 1 aromatic carbocycles. The molecule has 3 nitrogen and oxygen atoms in total. The fraction of sp³-hybridized carbons (Fsp3) is 0.143. The first-order chi connectivity index (χ1) is 9.69. The molecule has 0 aliphatic heterocycles. The van der Waals surface area contributed by atoms with Gasteiger partial charge < -0.3 is 4.57 Å². The van der Waals surface area contributed by atoms with Crippen molar-refractivity contribution in [2.75, 3.05) is 0 Å². The summed E-state index contributed by atoms with van der Waals surface area (Å²) in [5.41, 5.74) is 2.58. The van der Waals surface area contributed by atoms with Crippen LogP contribution in [0.15, 0.2) is 36.5 Å². The minimum atomic E-state index is 0.321. The summed E-state index contributed by atoms with van der Waals surface area (Å²) in [5.74, 6) is 1.09. The van der Waals surface area contributed by atoms with Gasteiger partial charge >= 0.3 is 0 Å². The molecule has 2 heterocycles. The summed E-state index contributed by atoms with van der Waals surface area (Å²) >= 11 is 18.1. The average molecular weight is 327 g/mol.